The second kappa shape index (κ2) is 5.87. The minimum atomic E-state index is -0.227. The van der Waals surface area contributed by atoms with Gasteiger partial charge in [-0.2, -0.15) is 0 Å². The third-order valence-electron chi connectivity index (χ3n) is 3.08. The lowest BCUT2D eigenvalue weighted by Crippen LogP contribution is -2.07. The van der Waals surface area contributed by atoms with Crippen LogP contribution in [0.4, 0.5) is 10.2 Å². The summed E-state index contributed by atoms with van der Waals surface area (Å²) in [6.07, 6.45) is 1.03. The quantitative estimate of drug-likeness (QED) is 0.848. The number of fused-ring (bicyclic) bond motifs is 1. The normalized spacial score (nSPS) is 11.3. The second-order valence-electron chi connectivity index (χ2n) is 4.93. The summed E-state index contributed by atoms with van der Waals surface area (Å²) in [6, 6.07) is 5.08. The number of hydrogen-bond donors (Lipinski definition) is 1. The maximum atomic E-state index is 13.9. The molecule has 0 saturated carbocycles. The molecule has 1 heterocycles. The van der Waals surface area contributed by atoms with Crippen molar-refractivity contribution in [1.29, 1.82) is 0 Å². The lowest BCUT2D eigenvalue weighted by Gasteiger charge is -2.15. The van der Waals surface area contributed by atoms with E-state index in [1.165, 1.54) is 6.07 Å². The number of aromatic nitrogens is 1. The van der Waals surface area contributed by atoms with E-state index < -0.39 is 0 Å². The zero-order chi connectivity index (χ0) is 14.0. The number of hydrogen-bond acceptors (Lipinski definition) is 2. The highest BCUT2D eigenvalue weighted by Gasteiger charge is 2.13. The van der Waals surface area contributed by atoms with Crippen LogP contribution in [0.1, 0.15) is 38.7 Å². The summed E-state index contributed by atoms with van der Waals surface area (Å²) >= 11 is 3.44. The molecule has 0 unspecified atom stereocenters. The van der Waals surface area contributed by atoms with Crippen LogP contribution in [0.3, 0.4) is 0 Å². The molecule has 0 spiro atoms. The third kappa shape index (κ3) is 2.89. The van der Waals surface area contributed by atoms with Crippen LogP contribution < -0.4 is 5.32 Å². The molecule has 2 aromatic rings. The zero-order valence-electron chi connectivity index (χ0n) is 11.4. The van der Waals surface area contributed by atoms with Crippen LogP contribution in [0.2, 0.25) is 0 Å². The van der Waals surface area contributed by atoms with E-state index in [1.807, 2.05) is 6.07 Å². The largest absolute Gasteiger partial charge is 0.370 e. The van der Waals surface area contributed by atoms with Crippen LogP contribution in [0.25, 0.3) is 10.9 Å². The van der Waals surface area contributed by atoms with Gasteiger partial charge in [0.05, 0.1) is 5.52 Å². The van der Waals surface area contributed by atoms with Crippen LogP contribution >= 0.6 is 15.9 Å². The fraction of sp³-hybridized carbons (Fsp3) is 0.400. The Morgan fingerprint density at radius 1 is 1.37 bits per heavy atom. The van der Waals surface area contributed by atoms with Gasteiger partial charge < -0.3 is 5.32 Å². The first-order chi connectivity index (χ1) is 9.04. The van der Waals surface area contributed by atoms with Crippen molar-refractivity contribution in [2.24, 2.45) is 0 Å². The van der Waals surface area contributed by atoms with Crippen molar-refractivity contribution in [3.8, 4) is 0 Å². The number of anilines is 1. The smallest absolute Gasteiger partial charge is 0.132 e. The number of rotatable bonds is 4. The lowest BCUT2D eigenvalue weighted by atomic mass is 10.0. The Morgan fingerprint density at radius 3 is 2.74 bits per heavy atom. The molecular formula is C15H18BrFN2. The van der Waals surface area contributed by atoms with Crippen molar-refractivity contribution in [3.05, 3.63) is 34.1 Å². The summed E-state index contributed by atoms with van der Waals surface area (Å²) in [7, 11) is 0. The predicted octanol–water partition coefficient (Wildman–Crippen LogP) is 5.08. The second-order valence-corrected chi connectivity index (χ2v) is 5.79. The molecule has 1 aromatic carbocycles. The Balaban J connectivity index is 2.65. The summed E-state index contributed by atoms with van der Waals surface area (Å²) in [5.74, 6) is 0.930. The molecule has 0 radical (unpaired) electrons. The maximum absolute atomic E-state index is 13.9. The Kier molecular flexibility index (Phi) is 4.40. The highest BCUT2D eigenvalue weighted by Crippen LogP contribution is 2.31. The number of nitrogens with zero attached hydrogens (tertiary/aromatic N) is 1. The summed E-state index contributed by atoms with van der Waals surface area (Å²) < 4.78 is 14.7. The maximum Gasteiger partial charge on any atom is 0.132 e. The summed E-state index contributed by atoms with van der Waals surface area (Å²) in [4.78, 5) is 4.60. The highest BCUT2D eigenvalue weighted by atomic mass is 79.9. The third-order valence-corrected chi connectivity index (χ3v) is 3.72. The Bertz CT molecular complexity index is 596. The Hall–Kier alpha value is -1.16. The van der Waals surface area contributed by atoms with E-state index in [0.717, 1.165) is 28.8 Å². The SMILES string of the molecule is CCCNc1nc2c(Br)ccc(F)c2cc1C(C)C. The molecule has 2 nitrogen and oxygen atoms in total. The van der Waals surface area contributed by atoms with Gasteiger partial charge in [0.1, 0.15) is 11.6 Å². The standard InChI is InChI=1S/C15H18BrFN2/c1-4-7-18-15-10(9(2)3)8-11-13(17)6-5-12(16)14(11)19-15/h5-6,8-9H,4,7H2,1-3H3,(H,18,19). The average molecular weight is 325 g/mol. The number of nitrogens with one attached hydrogen (secondary N) is 1. The molecule has 0 aliphatic heterocycles. The molecule has 0 amide bonds. The van der Waals surface area contributed by atoms with Crippen molar-refractivity contribution in [1.82, 2.24) is 4.98 Å². The van der Waals surface area contributed by atoms with Crippen LogP contribution in [-0.2, 0) is 0 Å². The summed E-state index contributed by atoms with van der Waals surface area (Å²) in [5.41, 5.74) is 1.72. The van der Waals surface area contributed by atoms with E-state index in [2.05, 4.69) is 47.0 Å². The predicted molar refractivity (Wildman–Crippen MR) is 82.3 cm³/mol. The minimum Gasteiger partial charge on any atom is -0.370 e. The zero-order valence-corrected chi connectivity index (χ0v) is 13.0. The van der Waals surface area contributed by atoms with Gasteiger partial charge in [0, 0.05) is 16.4 Å². The van der Waals surface area contributed by atoms with Gasteiger partial charge in [-0.15, -0.1) is 0 Å². The fourth-order valence-electron chi connectivity index (χ4n) is 2.03. The van der Waals surface area contributed by atoms with Crippen molar-refractivity contribution in [3.63, 3.8) is 0 Å². The van der Waals surface area contributed by atoms with Crippen molar-refractivity contribution < 1.29 is 4.39 Å². The van der Waals surface area contributed by atoms with Crippen LogP contribution in [-0.4, -0.2) is 11.5 Å². The van der Waals surface area contributed by atoms with E-state index in [0.29, 0.717) is 16.8 Å². The molecule has 0 atom stereocenters. The van der Waals surface area contributed by atoms with Gasteiger partial charge in [0.15, 0.2) is 0 Å². The van der Waals surface area contributed by atoms with Crippen LogP contribution in [0, 0.1) is 5.82 Å². The van der Waals surface area contributed by atoms with Gasteiger partial charge >= 0.3 is 0 Å². The summed E-state index contributed by atoms with van der Waals surface area (Å²) in [5, 5.41) is 3.90. The van der Waals surface area contributed by atoms with E-state index in [1.54, 1.807) is 6.07 Å². The number of pyridine rings is 1. The molecule has 1 aromatic heterocycles. The molecule has 2 rings (SSSR count). The topological polar surface area (TPSA) is 24.9 Å². The van der Waals surface area contributed by atoms with Crippen LogP contribution in [0.15, 0.2) is 22.7 Å². The van der Waals surface area contributed by atoms with Crippen molar-refractivity contribution in [2.45, 2.75) is 33.1 Å². The van der Waals surface area contributed by atoms with Gasteiger partial charge in [-0.05, 0) is 52.0 Å². The fourth-order valence-corrected chi connectivity index (χ4v) is 2.47. The number of benzene rings is 1. The van der Waals surface area contributed by atoms with Crippen LogP contribution in [0.5, 0.6) is 0 Å². The molecule has 0 saturated heterocycles. The molecule has 0 bridgehead atoms. The van der Waals surface area contributed by atoms with Gasteiger partial charge in [-0.1, -0.05) is 20.8 Å². The Morgan fingerprint density at radius 2 is 2.11 bits per heavy atom. The first-order valence-electron chi connectivity index (χ1n) is 6.57. The molecule has 19 heavy (non-hydrogen) atoms. The first kappa shape index (κ1) is 14.3. The molecule has 1 N–H and O–H groups in total. The van der Waals surface area contributed by atoms with Gasteiger partial charge in [0.2, 0.25) is 0 Å². The highest BCUT2D eigenvalue weighted by molar-refractivity contribution is 9.10. The van der Waals surface area contributed by atoms with E-state index in [9.17, 15) is 4.39 Å². The molecule has 4 heteroatoms. The van der Waals surface area contributed by atoms with E-state index >= 15 is 0 Å². The summed E-state index contributed by atoms with van der Waals surface area (Å²) in [6.45, 7) is 7.16. The van der Waals surface area contributed by atoms with E-state index in [4.69, 9.17) is 0 Å². The first-order valence-corrected chi connectivity index (χ1v) is 7.36. The van der Waals surface area contributed by atoms with Gasteiger partial charge in [-0.25, -0.2) is 9.37 Å². The average Bonchev–Trinajstić information content (AvgIpc) is 2.39. The minimum absolute atomic E-state index is 0.227. The van der Waals surface area contributed by atoms with Crippen molar-refractivity contribution >= 4 is 32.7 Å². The monoisotopic (exact) mass is 324 g/mol. The van der Waals surface area contributed by atoms with Gasteiger partial charge in [-0.3, -0.25) is 0 Å². The molecular weight excluding hydrogens is 307 g/mol. The number of halogens is 2. The molecule has 0 fully saturated rings. The van der Waals surface area contributed by atoms with Crippen molar-refractivity contribution in [2.75, 3.05) is 11.9 Å². The Labute approximate surface area is 121 Å². The van der Waals surface area contributed by atoms with Gasteiger partial charge in [0.25, 0.3) is 0 Å². The molecule has 0 aliphatic carbocycles. The molecule has 0 aliphatic rings. The molecule has 102 valence electrons. The lowest BCUT2D eigenvalue weighted by molar-refractivity contribution is 0.639. The van der Waals surface area contributed by atoms with E-state index in [-0.39, 0.29) is 5.82 Å².